The maximum absolute atomic E-state index is 12.5. The molecule has 0 aromatic heterocycles. The molecule has 0 radical (unpaired) electrons. The molecule has 0 fully saturated rings. The van der Waals surface area contributed by atoms with Gasteiger partial charge in [-0.1, -0.05) is 6.07 Å². The summed E-state index contributed by atoms with van der Waals surface area (Å²) in [4.78, 5) is 10.7. The summed E-state index contributed by atoms with van der Waals surface area (Å²) in [7, 11) is 0. The van der Waals surface area contributed by atoms with E-state index in [1.165, 1.54) is 0 Å². The third-order valence-electron chi connectivity index (χ3n) is 2.52. The van der Waals surface area contributed by atoms with E-state index in [1.54, 1.807) is 6.07 Å². The summed E-state index contributed by atoms with van der Waals surface area (Å²) in [5.41, 5.74) is -1.57. The van der Waals surface area contributed by atoms with Crippen LogP contribution in [0.3, 0.4) is 0 Å². The maximum atomic E-state index is 12.5. The van der Waals surface area contributed by atoms with Gasteiger partial charge in [-0.2, -0.15) is 18.4 Å². The molecule has 0 bridgehead atoms. The van der Waals surface area contributed by atoms with Crippen molar-refractivity contribution < 1.29 is 28.2 Å². The highest BCUT2D eigenvalue weighted by atomic mass is 19.4. The van der Waals surface area contributed by atoms with E-state index in [9.17, 15) is 28.2 Å². The number of alkyl halides is 3. The van der Waals surface area contributed by atoms with Crippen molar-refractivity contribution in [1.29, 1.82) is 5.26 Å². The number of aliphatic hydroxyl groups is 2. The molecule has 1 aromatic carbocycles. The van der Waals surface area contributed by atoms with Crippen LogP contribution in [0.5, 0.6) is 0 Å². The molecule has 0 saturated carbocycles. The lowest BCUT2D eigenvalue weighted by molar-refractivity contribution is -0.137. The number of carbonyl (C=O) groups excluding carboxylic acids is 1. The lowest BCUT2D eigenvalue weighted by Gasteiger charge is -2.18. The van der Waals surface area contributed by atoms with Crippen LogP contribution in [0.25, 0.3) is 0 Å². The molecule has 0 heterocycles. The molecule has 2 atom stereocenters. The van der Waals surface area contributed by atoms with E-state index in [0.717, 1.165) is 6.07 Å². The van der Waals surface area contributed by atoms with Crippen LogP contribution in [0.1, 0.15) is 34.0 Å². The van der Waals surface area contributed by atoms with E-state index in [1.807, 2.05) is 0 Å². The quantitative estimate of drug-likeness (QED) is 0.820. The van der Waals surface area contributed by atoms with Gasteiger partial charge in [0.2, 0.25) is 0 Å². The van der Waals surface area contributed by atoms with Gasteiger partial charge in [0.1, 0.15) is 12.4 Å². The molecular weight excluding hydrogens is 263 g/mol. The van der Waals surface area contributed by atoms with Gasteiger partial charge >= 0.3 is 6.18 Å². The highest BCUT2D eigenvalue weighted by molar-refractivity contribution is 5.77. The zero-order valence-electron chi connectivity index (χ0n) is 9.55. The summed E-state index contributed by atoms with van der Waals surface area (Å²) in [5.74, 6) is 0. The average Bonchev–Trinajstić information content (AvgIpc) is 2.36. The van der Waals surface area contributed by atoms with Crippen LogP contribution in [0.2, 0.25) is 0 Å². The number of benzene rings is 1. The SMILES string of the molecule is N#CCC(O)C(O)c1cc(C(F)(F)F)ccc1C=O. The first kappa shape index (κ1) is 15.1. The molecule has 4 nitrogen and oxygen atoms in total. The Balaban J connectivity index is 3.24. The minimum absolute atomic E-state index is 0.169. The van der Waals surface area contributed by atoms with Crippen molar-refractivity contribution in [3.8, 4) is 6.07 Å². The predicted octanol–water partition coefficient (Wildman–Crippen LogP) is 1.83. The zero-order valence-corrected chi connectivity index (χ0v) is 9.55. The summed E-state index contributed by atoms with van der Waals surface area (Å²) in [6.45, 7) is 0. The highest BCUT2D eigenvalue weighted by Gasteiger charge is 2.32. The minimum atomic E-state index is -4.63. The van der Waals surface area contributed by atoms with E-state index >= 15 is 0 Å². The molecule has 2 N–H and O–H groups in total. The number of nitrogens with zero attached hydrogens (tertiary/aromatic N) is 1. The number of rotatable bonds is 4. The first-order valence-corrected chi connectivity index (χ1v) is 5.20. The normalized spacial score (nSPS) is 14.5. The first-order chi connectivity index (χ1) is 8.81. The fraction of sp³-hybridized carbons (Fsp3) is 0.333. The average molecular weight is 273 g/mol. The van der Waals surface area contributed by atoms with Gasteiger partial charge in [0.25, 0.3) is 0 Å². The van der Waals surface area contributed by atoms with Crippen molar-refractivity contribution in [3.05, 3.63) is 34.9 Å². The fourth-order valence-corrected chi connectivity index (χ4v) is 1.53. The van der Waals surface area contributed by atoms with Crippen LogP contribution >= 0.6 is 0 Å². The van der Waals surface area contributed by atoms with E-state index in [2.05, 4.69) is 0 Å². The number of aliphatic hydroxyl groups excluding tert-OH is 2. The van der Waals surface area contributed by atoms with Gasteiger partial charge in [-0.25, -0.2) is 0 Å². The van der Waals surface area contributed by atoms with Crippen molar-refractivity contribution in [2.24, 2.45) is 0 Å². The monoisotopic (exact) mass is 273 g/mol. The number of carbonyl (C=O) groups is 1. The lowest BCUT2D eigenvalue weighted by Crippen LogP contribution is -2.20. The molecule has 19 heavy (non-hydrogen) atoms. The Hall–Kier alpha value is -1.91. The van der Waals surface area contributed by atoms with E-state index in [-0.39, 0.29) is 17.4 Å². The Bertz CT molecular complexity index is 508. The van der Waals surface area contributed by atoms with Crippen LogP contribution in [0.4, 0.5) is 13.2 Å². The molecule has 0 amide bonds. The van der Waals surface area contributed by atoms with Gasteiger partial charge in [-0.15, -0.1) is 0 Å². The Morgan fingerprint density at radius 1 is 1.37 bits per heavy atom. The molecule has 1 aromatic rings. The van der Waals surface area contributed by atoms with Gasteiger partial charge < -0.3 is 10.2 Å². The van der Waals surface area contributed by atoms with E-state index in [4.69, 9.17) is 5.26 Å². The molecule has 7 heteroatoms. The second-order valence-electron chi connectivity index (χ2n) is 3.83. The first-order valence-electron chi connectivity index (χ1n) is 5.20. The molecule has 0 aliphatic rings. The van der Waals surface area contributed by atoms with Crippen LogP contribution in [-0.4, -0.2) is 22.6 Å². The topological polar surface area (TPSA) is 81.3 Å². The molecule has 1 rings (SSSR count). The zero-order chi connectivity index (χ0) is 14.6. The summed E-state index contributed by atoms with van der Waals surface area (Å²) in [5, 5.41) is 27.5. The number of nitriles is 1. The largest absolute Gasteiger partial charge is 0.416 e. The maximum Gasteiger partial charge on any atom is 0.416 e. The Morgan fingerprint density at radius 2 is 2.00 bits per heavy atom. The van der Waals surface area contributed by atoms with Crippen molar-refractivity contribution in [2.75, 3.05) is 0 Å². The van der Waals surface area contributed by atoms with Crippen molar-refractivity contribution in [2.45, 2.75) is 24.8 Å². The number of halogens is 3. The number of hydrogen-bond donors (Lipinski definition) is 2. The third kappa shape index (κ3) is 3.53. The van der Waals surface area contributed by atoms with Crippen molar-refractivity contribution >= 4 is 6.29 Å². The van der Waals surface area contributed by atoms with Gasteiger partial charge in [0.15, 0.2) is 0 Å². The van der Waals surface area contributed by atoms with Crippen LogP contribution in [-0.2, 0) is 6.18 Å². The minimum Gasteiger partial charge on any atom is -0.389 e. The van der Waals surface area contributed by atoms with E-state index in [0.29, 0.717) is 12.1 Å². The molecule has 0 spiro atoms. The fourth-order valence-electron chi connectivity index (χ4n) is 1.53. The highest BCUT2D eigenvalue weighted by Crippen LogP contribution is 2.32. The number of aldehydes is 1. The summed E-state index contributed by atoms with van der Waals surface area (Å²) < 4.78 is 37.6. The molecule has 102 valence electrons. The second-order valence-corrected chi connectivity index (χ2v) is 3.83. The van der Waals surface area contributed by atoms with Crippen molar-refractivity contribution in [3.63, 3.8) is 0 Å². The van der Waals surface area contributed by atoms with Gasteiger partial charge in [0, 0.05) is 5.56 Å². The molecule has 2 unspecified atom stereocenters. The van der Waals surface area contributed by atoms with E-state index < -0.39 is 30.4 Å². The Morgan fingerprint density at radius 3 is 2.47 bits per heavy atom. The standard InChI is InChI=1S/C12H10F3NO3/c13-12(14,15)8-2-1-7(6-17)9(5-8)11(19)10(18)3-4-16/h1-2,5-6,10-11,18-19H,3H2. The number of hydrogen-bond acceptors (Lipinski definition) is 4. The van der Waals surface area contributed by atoms with Gasteiger partial charge in [0.05, 0.1) is 24.2 Å². The Kier molecular flexibility index (Phi) is 4.64. The summed E-state index contributed by atoms with van der Waals surface area (Å²) in [6, 6.07) is 3.79. The molecule has 0 aliphatic heterocycles. The third-order valence-corrected chi connectivity index (χ3v) is 2.52. The molecular formula is C12H10F3NO3. The van der Waals surface area contributed by atoms with Crippen LogP contribution < -0.4 is 0 Å². The summed E-state index contributed by atoms with van der Waals surface area (Å²) >= 11 is 0. The predicted molar refractivity (Wildman–Crippen MR) is 58.0 cm³/mol. The molecule has 0 aliphatic carbocycles. The van der Waals surface area contributed by atoms with Gasteiger partial charge in [-0.05, 0) is 17.7 Å². The lowest BCUT2D eigenvalue weighted by atomic mass is 9.95. The Labute approximate surface area is 106 Å². The van der Waals surface area contributed by atoms with Crippen LogP contribution in [0, 0.1) is 11.3 Å². The summed E-state index contributed by atoms with van der Waals surface area (Å²) in [6.07, 6.45) is -8.11. The second kappa shape index (κ2) is 5.82. The van der Waals surface area contributed by atoms with Gasteiger partial charge in [-0.3, -0.25) is 4.79 Å². The van der Waals surface area contributed by atoms with Crippen molar-refractivity contribution in [1.82, 2.24) is 0 Å². The smallest absolute Gasteiger partial charge is 0.389 e. The molecule has 0 saturated heterocycles. The van der Waals surface area contributed by atoms with Crippen LogP contribution in [0.15, 0.2) is 18.2 Å².